The summed E-state index contributed by atoms with van der Waals surface area (Å²) >= 11 is 1.30. The predicted octanol–water partition coefficient (Wildman–Crippen LogP) is 2.88. The van der Waals surface area contributed by atoms with Crippen molar-refractivity contribution in [2.45, 2.75) is 39.2 Å². The highest BCUT2D eigenvalue weighted by atomic mass is 32.1. The van der Waals surface area contributed by atoms with Gasteiger partial charge < -0.3 is 9.84 Å². The largest absolute Gasteiger partial charge is 0.343 e. The molecule has 1 atom stereocenters. The Hall–Kier alpha value is -2.61. The van der Waals surface area contributed by atoms with Crippen molar-refractivity contribution in [3.63, 3.8) is 0 Å². The second kappa shape index (κ2) is 6.36. The van der Waals surface area contributed by atoms with E-state index in [1.165, 1.54) is 16.9 Å². The molecule has 0 fully saturated rings. The van der Waals surface area contributed by atoms with Crippen molar-refractivity contribution in [3.05, 3.63) is 45.2 Å². The molecule has 1 aliphatic rings. The number of amides is 1. The minimum absolute atomic E-state index is 0.00257. The first-order valence-electron chi connectivity index (χ1n) is 8.20. The predicted molar refractivity (Wildman–Crippen MR) is 92.3 cm³/mol. The van der Waals surface area contributed by atoms with Gasteiger partial charge in [-0.05, 0) is 37.0 Å². The van der Waals surface area contributed by atoms with Crippen LogP contribution in [0.2, 0.25) is 0 Å². The molecule has 1 N–H and O–H groups in total. The highest BCUT2D eigenvalue weighted by Crippen LogP contribution is 2.34. The van der Waals surface area contributed by atoms with Crippen molar-refractivity contribution in [1.82, 2.24) is 25.7 Å². The van der Waals surface area contributed by atoms with Gasteiger partial charge in [0.05, 0.1) is 6.04 Å². The normalized spacial score (nSPS) is 16.0. The lowest BCUT2D eigenvalue weighted by Gasteiger charge is -2.13. The Bertz CT molecular complexity index is 933. The fraction of sp³-hybridized carbons (Fsp3) is 0.353. The van der Waals surface area contributed by atoms with E-state index in [0.717, 1.165) is 35.4 Å². The second-order valence-electron chi connectivity index (χ2n) is 5.97. The number of carbonyl (C=O) groups is 1. The third kappa shape index (κ3) is 3.05. The van der Waals surface area contributed by atoms with Crippen molar-refractivity contribution in [1.29, 1.82) is 0 Å². The minimum Gasteiger partial charge on any atom is -0.343 e. The summed E-state index contributed by atoms with van der Waals surface area (Å²) in [6, 6.07) is 6.09. The van der Waals surface area contributed by atoms with Crippen LogP contribution in [0.15, 0.2) is 22.7 Å². The Morgan fingerprint density at radius 2 is 2.28 bits per heavy atom. The van der Waals surface area contributed by atoms with E-state index >= 15 is 0 Å². The highest BCUT2D eigenvalue weighted by molar-refractivity contribution is 7.13. The van der Waals surface area contributed by atoms with Crippen LogP contribution in [0.3, 0.4) is 0 Å². The number of aryl methyl sites for hydroxylation is 3. The van der Waals surface area contributed by atoms with Crippen molar-refractivity contribution in [2.24, 2.45) is 0 Å². The molecule has 8 heteroatoms. The Balaban J connectivity index is 1.54. The van der Waals surface area contributed by atoms with Crippen LogP contribution in [0.5, 0.6) is 0 Å². The first kappa shape index (κ1) is 15.9. The molecule has 0 bridgehead atoms. The number of fused-ring (bicyclic) bond motifs is 1. The molecule has 4 rings (SSSR count). The lowest BCUT2D eigenvalue weighted by atomic mass is 10.0. The molecule has 1 amide bonds. The maximum Gasteiger partial charge on any atom is 0.282 e. The monoisotopic (exact) mass is 355 g/mol. The van der Waals surface area contributed by atoms with Crippen molar-refractivity contribution in [2.75, 3.05) is 0 Å². The topological polar surface area (TPSA) is 93.8 Å². The van der Waals surface area contributed by atoms with E-state index in [1.54, 1.807) is 0 Å². The van der Waals surface area contributed by atoms with E-state index < -0.39 is 0 Å². The molecule has 0 saturated carbocycles. The third-order valence-electron chi connectivity index (χ3n) is 4.28. The SMILES string of the molecule is CCc1nc(-c2ccc3c(c2)CCC3NC(=O)c2nnc(C)s2)no1. The van der Waals surface area contributed by atoms with Gasteiger partial charge in [-0.3, -0.25) is 4.79 Å². The average molecular weight is 355 g/mol. The van der Waals surface area contributed by atoms with Crippen LogP contribution in [0, 0.1) is 6.92 Å². The molecular formula is C17H17N5O2S. The summed E-state index contributed by atoms with van der Waals surface area (Å²) in [5, 5.41) is 16.1. The quantitative estimate of drug-likeness (QED) is 0.773. The summed E-state index contributed by atoms with van der Waals surface area (Å²) in [7, 11) is 0. The fourth-order valence-electron chi connectivity index (χ4n) is 3.03. The van der Waals surface area contributed by atoms with Crippen molar-refractivity contribution in [3.8, 4) is 11.4 Å². The third-order valence-corrected chi connectivity index (χ3v) is 5.11. The van der Waals surface area contributed by atoms with Gasteiger partial charge >= 0.3 is 0 Å². The molecule has 1 aromatic carbocycles. The average Bonchev–Trinajstić information content (AvgIpc) is 3.34. The lowest BCUT2D eigenvalue weighted by Crippen LogP contribution is -2.27. The zero-order valence-corrected chi connectivity index (χ0v) is 14.8. The van der Waals surface area contributed by atoms with Crippen LogP contribution in [-0.2, 0) is 12.8 Å². The minimum atomic E-state index is -0.168. The molecule has 2 aromatic heterocycles. The van der Waals surface area contributed by atoms with E-state index in [4.69, 9.17) is 4.52 Å². The molecule has 2 heterocycles. The number of hydrogen-bond donors (Lipinski definition) is 1. The number of rotatable bonds is 4. The molecule has 0 aliphatic heterocycles. The van der Waals surface area contributed by atoms with Gasteiger partial charge in [-0.1, -0.05) is 35.5 Å². The van der Waals surface area contributed by atoms with Crippen LogP contribution in [0.4, 0.5) is 0 Å². The van der Waals surface area contributed by atoms with E-state index in [2.05, 4.69) is 31.7 Å². The molecule has 0 saturated heterocycles. The molecule has 128 valence electrons. The van der Waals surface area contributed by atoms with Crippen LogP contribution in [0.1, 0.15) is 51.2 Å². The van der Waals surface area contributed by atoms with Gasteiger partial charge in [0.2, 0.25) is 16.7 Å². The molecule has 1 aliphatic carbocycles. The summed E-state index contributed by atoms with van der Waals surface area (Å²) < 4.78 is 5.18. The van der Waals surface area contributed by atoms with E-state index in [9.17, 15) is 4.79 Å². The Morgan fingerprint density at radius 1 is 1.40 bits per heavy atom. The van der Waals surface area contributed by atoms with E-state index in [-0.39, 0.29) is 11.9 Å². The summed E-state index contributed by atoms with van der Waals surface area (Å²) in [6.07, 6.45) is 2.49. The van der Waals surface area contributed by atoms with Crippen LogP contribution in [-0.4, -0.2) is 26.2 Å². The highest BCUT2D eigenvalue weighted by Gasteiger charge is 2.26. The number of aromatic nitrogens is 4. The van der Waals surface area contributed by atoms with Crippen LogP contribution >= 0.6 is 11.3 Å². The molecule has 7 nitrogen and oxygen atoms in total. The number of benzene rings is 1. The molecule has 0 radical (unpaired) electrons. The Labute approximate surface area is 148 Å². The second-order valence-corrected chi connectivity index (χ2v) is 7.15. The zero-order chi connectivity index (χ0) is 17.4. The van der Waals surface area contributed by atoms with Crippen molar-refractivity contribution < 1.29 is 9.32 Å². The molecule has 25 heavy (non-hydrogen) atoms. The Morgan fingerprint density at radius 3 is 3.00 bits per heavy atom. The summed E-state index contributed by atoms with van der Waals surface area (Å²) in [4.78, 5) is 16.7. The maximum absolute atomic E-state index is 12.3. The smallest absolute Gasteiger partial charge is 0.282 e. The number of nitrogens with zero attached hydrogens (tertiary/aromatic N) is 4. The fourth-order valence-corrected chi connectivity index (χ4v) is 3.63. The van der Waals surface area contributed by atoms with Gasteiger partial charge in [0, 0.05) is 12.0 Å². The maximum atomic E-state index is 12.3. The zero-order valence-electron chi connectivity index (χ0n) is 13.9. The first-order chi connectivity index (χ1) is 12.1. The van der Waals surface area contributed by atoms with Crippen LogP contribution in [0.25, 0.3) is 11.4 Å². The van der Waals surface area contributed by atoms with Gasteiger partial charge in [-0.25, -0.2) is 0 Å². The molecule has 3 aromatic rings. The van der Waals surface area contributed by atoms with E-state index in [0.29, 0.717) is 16.7 Å². The van der Waals surface area contributed by atoms with Crippen molar-refractivity contribution >= 4 is 17.2 Å². The van der Waals surface area contributed by atoms with Gasteiger partial charge in [0.15, 0.2) is 0 Å². The Kier molecular flexibility index (Phi) is 4.04. The molecule has 0 spiro atoms. The standard InChI is InChI=1S/C17H17N5O2S/c1-3-14-19-15(22-24-14)11-4-6-12-10(8-11)5-7-13(12)18-16(23)17-21-20-9(2)25-17/h4,6,8,13H,3,5,7H2,1-2H3,(H,18,23). The molecule has 1 unspecified atom stereocenters. The summed E-state index contributed by atoms with van der Waals surface area (Å²) in [5.74, 6) is 1.07. The van der Waals surface area contributed by atoms with Gasteiger partial charge in [0.1, 0.15) is 5.01 Å². The number of hydrogen-bond acceptors (Lipinski definition) is 7. The molecular weight excluding hydrogens is 338 g/mol. The van der Waals surface area contributed by atoms with Gasteiger partial charge in [-0.15, -0.1) is 10.2 Å². The number of carbonyl (C=O) groups excluding carboxylic acids is 1. The van der Waals surface area contributed by atoms with E-state index in [1.807, 2.05) is 26.0 Å². The van der Waals surface area contributed by atoms with Gasteiger partial charge in [-0.2, -0.15) is 4.98 Å². The summed E-state index contributed by atoms with van der Waals surface area (Å²) in [6.45, 7) is 3.81. The first-order valence-corrected chi connectivity index (χ1v) is 9.02. The van der Waals surface area contributed by atoms with Gasteiger partial charge in [0.25, 0.3) is 5.91 Å². The lowest BCUT2D eigenvalue weighted by molar-refractivity contribution is 0.0935. The summed E-state index contributed by atoms with van der Waals surface area (Å²) in [5.41, 5.74) is 3.28. The van der Waals surface area contributed by atoms with Crippen LogP contribution < -0.4 is 5.32 Å². The number of nitrogens with one attached hydrogen (secondary N) is 1.